The van der Waals surface area contributed by atoms with Crippen molar-refractivity contribution in [3.8, 4) is 11.4 Å². The lowest BCUT2D eigenvalue weighted by Gasteiger charge is -2.23. The second-order valence-corrected chi connectivity index (χ2v) is 10.2. The van der Waals surface area contributed by atoms with Gasteiger partial charge in [-0.05, 0) is 57.5 Å². The van der Waals surface area contributed by atoms with Crippen LogP contribution >= 0.6 is 0 Å². The van der Waals surface area contributed by atoms with Crippen LogP contribution < -0.4 is 4.90 Å². The van der Waals surface area contributed by atoms with Gasteiger partial charge in [0.2, 0.25) is 0 Å². The Hall–Kier alpha value is -4.28. The fraction of sp³-hybridized carbons (Fsp3) is 0.320. The molecular weight excluding hydrogens is 510 g/mol. The number of aliphatic imine (C=N–C) groups is 1. The molecule has 0 spiro atoms. The van der Waals surface area contributed by atoms with Gasteiger partial charge in [-0.3, -0.25) is 9.23 Å². The number of hydrogen-bond acceptors (Lipinski definition) is 9. The summed E-state index contributed by atoms with van der Waals surface area (Å²) < 4.78 is 40.4. The molecule has 0 saturated heterocycles. The van der Waals surface area contributed by atoms with E-state index in [1.54, 1.807) is 15.4 Å². The van der Waals surface area contributed by atoms with E-state index < -0.39 is 10.1 Å². The molecule has 1 aliphatic rings. The fourth-order valence-electron chi connectivity index (χ4n) is 3.99. The van der Waals surface area contributed by atoms with Crippen LogP contribution in [0.1, 0.15) is 29.7 Å². The first-order valence-electron chi connectivity index (χ1n) is 11.7. The number of aromatic nitrogens is 4. The summed E-state index contributed by atoms with van der Waals surface area (Å²) in [6.45, 7) is 8.30. The SMILES string of the molecule is CCN(CCS(=O)(=O)O)c1ccc(/N=C2/C(OC=C=C=O)=Nn3c2nc(-c2cc(C)n(C)n2)c3C)c(C)c1. The number of aryl methyl sites for hydroxylation is 3. The van der Waals surface area contributed by atoms with Crippen molar-refractivity contribution in [3.63, 3.8) is 0 Å². The quantitative estimate of drug-likeness (QED) is 0.200. The molecule has 3 heterocycles. The molecule has 0 saturated carbocycles. The van der Waals surface area contributed by atoms with E-state index in [0.717, 1.165) is 28.9 Å². The van der Waals surface area contributed by atoms with Crippen LogP contribution in [-0.4, -0.2) is 68.8 Å². The topological polar surface area (TPSA) is 144 Å². The van der Waals surface area contributed by atoms with Gasteiger partial charge in [0.05, 0.1) is 17.1 Å². The summed E-state index contributed by atoms with van der Waals surface area (Å²) in [7, 11) is -2.22. The van der Waals surface area contributed by atoms with Crippen molar-refractivity contribution in [1.29, 1.82) is 0 Å². The monoisotopic (exact) mass is 537 g/mol. The van der Waals surface area contributed by atoms with E-state index in [0.29, 0.717) is 35.2 Å². The van der Waals surface area contributed by atoms with Crippen LogP contribution in [0, 0.1) is 20.8 Å². The maximum atomic E-state index is 11.2. The van der Waals surface area contributed by atoms with E-state index in [-0.39, 0.29) is 18.2 Å². The van der Waals surface area contributed by atoms with Gasteiger partial charge in [-0.25, -0.2) is 19.4 Å². The maximum Gasteiger partial charge on any atom is 0.267 e. The lowest BCUT2D eigenvalue weighted by atomic mass is 10.1. The zero-order valence-electron chi connectivity index (χ0n) is 21.6. The molecule has 0 amide bonds. The average molecular weight is 538 g/mol. The normalized spacial score (nSPS) is 13.6. The van der Waals surface area contributed by atoms with E-state index in [4.69, 9.17) is 19.3 Å². The summed E-state index contributed by atoms with van der Waals surface area (Å²) in [4.78, 5) is 22.0. The van der Waals surface area contributed by atoms with Gasteiger partial charge in [0.15, 0.2) is 17.5 Å². The highest BCUT2D eigenvalue weighted by molar-refractivity contribution is 7.85. The van der Waals surface area contributed by atoms with Gasteiger partial charge in [-0.15, -0.1) is 5.10 Å². The van der Waals surface area contributed by atoms with E-state index in [1.807, 2.05) is 57.8 Å². The molecule has 0 radical (unpaired) electrons. The number of benzene rings is 1. The first-order chi connectivity index (χ1) is 18.0. The van der Waals surface area contributed by atoms with Gasteiger partial charge in [0.25, 0.3) is 16.0 Å². The van der Waals surface area contributed by atoms with E-state index in [1.165, 1.54) is 5.94 Å². The maximum absolute atomic E-state index is 11.2. The van der Waals surface area contributed by atoms with Crippen molar-refractivity contribution in [2.45, 2.75) is 27.7 Å². The molecule has 0 aliphatic carbocycles. The number of fused-ring (bicyclic) bond motifs is 1. The first kappa shape index (κ1) is 26.8. The summed E-state index contributed by atoms with van der Waals surface area (Å²) >= 11 is 0. The Morgan fingerprint density at radius 2 is 2.00 bits per heavy atom. The molecule has 2 aromatic heterocycles. The molecule has 0 bridgehead atoms. The average Bonchev–Trinajstić information content (AvgIpc) is 3.48. The number of carbonyl (C=O) groups excluding carboxylic acids is 1. The Labute approximate surface area is 220 Å². The van der Waals surface area contributed by atoms with Crippen molar-refractivity contribution < 1.29 is 22.5 Å². The molecule has 1 aromatic carbocycles. The molecule has 1 N–H and O–H groups in total. The second-order valence-electron chi connectivity index (χ2n) is 8.66. The van der Waals surface area contributed by atoms with Crippen LogP contribution in [0.15, 0.2) is 46.4 Å². The predicted octanol–water partition coefficient (Wildman–Crippen LogP) is 2.74. The molecule has 4 rings (SSSR count). The van der Waals surface area contributed by atoms with Crippen molar-refractivity contribution in [2.24, 2.45) is 17.1 Å². The lowest BCUT2D eigenvalue weighted by molar-refractivity contribution is 0.478. The number of ether oxygens (including phenoxy) is 1. The zero-order chi connectivity index (χ0) is 27.6. The summed E-state index contributed by atoms with van der Waals surface area (Å²) in [6.07, 6.45) is 1.05. The Kier molecular flexibility index (Phi) is 7.47. The molecule has 0 unspecified atom stereocenters. The van der Waals surface area contributed by atoms with Crippen LogP contribution in [0.25, 0.3) is 11.4 Å². The van der Waals surface area contributed by atoms with Crippen LogP contribution in [-0.2, 0) is 26.7 Å². The third-order valence-corrected chi connectivity index (χ3v) is 6.81. The molecule has 0 atom stereocenters. The Morgan fingerprint density at radius 3 is 2.61 bits per heavy atom. The molecule has 3 aromatic rings. The Bertz CT molecular complexity index is 1630. The third kappa shape index (κ3) is 5.51. The van der Waals surface area contributed by atoms with Gasteiger partial charge in [0, 0.05) is 37.2 Å². The number of hydrogen-bond donors (Lipinski definition) is 1. The zero-order valence-corrected chi connectivity index (χ0v) is 22.4. The lowest BCUT2D eigenvalue weighted by Crippen LogP contribution is -2.28. The minimum Gasteiger partial charge on any atom is -0.435 e. The highest BCUT2D eigenvalue weighted by Crippen LogP contribution is 2.30. The molecular formula is C25H27N7O5S. The van der Waals surface area contributed by atoms with Crippen molar-refractivity contribution in [3.05, 3.63) is 59.0 Å². The minimum absolute atomic E-state index is 0.133. The molecule has 12 nitrogen and oxygen atoms in total. The molecule has 198 valence electrons. The highest BCUT2D eigenvalue weighted by atomic mass is 32.2. The van der Waals surface area contributed by atoms with Crippen molar-refractivity contribution >= 4 is 39.0 Å². The van der Waals surface area contributed by atoms with Gasteiger partial charge >= 0.3 is 0 Å². The van der Waals surface area contributed by atoms with E-state index >= 15 is 0 Å². The van der Waals surface area contributed by atoms with Gasteiger partial charge < -0.3 is 9.64 Å². The summed E-state index contributed by atoms with van der Waals surface area (Å²) in [5.41, 5.74) is 7.85. The summed E-state index contributed by atoms with van der Waals surface area (Å²) in [6, 6.07) is 7.44. The van der Waals surface area contributed by atoms with Gasteiger partial charge in [-0.1, -0.05) is 0 Å². The number of anilines is 1. The van der Waals surface area contributed by atoms with Gasteiger partial charge in [-0.2, -0.15) is 13.5 Å². The molecule has 1 aliphatic heterocycles. The smallest absolute Gasteiger partial charge is 0.267 e. The third-order valence-electron chi connectivity index (χ3n) is 6.11. The number of nitrogens with zero attached hydrogens (tertiary/aromatic N) is 7. The number of imidazole rings is 1. The summed E-state index contributed by atoms with van der Waals surface area (Å²) in [5.74, 6) is 1.72. The second kappa shape index (κ2) is 10.6. The van der Waals surface area contributed by atoms with Crippen molar-refractivity contribution in [2.75, 3.05) is 23.7 Å². The predicted molar refractivity (Wildman–Crippen MR) is 143 cm³/mol. The largest absolute Gasteiger partial charge is 0.435 e. The van der Waals surface area contributed by atoms with Crippen LogP contribution in [0.4, 0.5) is 11.4 Å². The van der Waals surface area contributed by atoms with Crippen LogP contribution in [0.5, 0.6) is 0 Å². The number of rotatable bonds is 8. The van der Waals surface area contributed by atoms with E-state index in [2.05, 4.69) is 15.9 Å². The van der Waals surface area contributed by atoms with Crippen LogP contribution in [0.2, 0.25) is 0 Å². The summed E-state index contributed by atoms with van der Waals surface area (Å²) in [5, 5.41) is 9.03. The minimum atomic E-state index is -4.08. The van der Waals surface area contributed by atoms with Crippen molar-refractivity contribution in [1.82, 2.24) is 19.4 Å². The molecule has 0 fully saturated rings. The standard InChI is InChI=1S/C25H27N7O5S/c1-6-31(10-13-38(34,35)36)19-8-9-20(16(2)14-19)26-23-24-27-22(21-15-17(3)30(5)28-21)18(4)32(24)29-25(23)37-12-7-11-33/h8-9,12,14-15H,6,10,13H2,1-5H3,(H,34,35,36)/b26-23+. The fourth-order valence-corrected chi connectivity index (χ4v) is 4.44. The molecule has 38 heavy (non-hydrogen) atoms. The van der Waals surface area contributed by atoms with Gasteiger partial charge in [0.1, 0.15) is 17.6 Å². The highest BCUT2D eigenvalue weighted by Gasteiger charge is 2.31. The first-order valence-corrected chi connectivity index (χ1v) is 13.3. The molecule has 13 heteroatoms. The Balaban J connectivity index is 1.75. The Morgan fingerprint density at radius 1 is 1.24 bits per heavy atom. The van der Waals surface area contributed by atoms with E-state index in [9.17, 15) is 13.2 Å². The van der Waals surface area contributed by atoms with Crippen LogP contribution in [0.3, 0.4) is 0 Å².